The maximum Gasteiger partial charge on any atom is 0.416 e. The third kappa shape index (κ3) is 5.76. The first-order chi connectivity index (χ1) is 16.7. The Bertz CT molecular complexity index is 1130. The van der Waals surface area contributed by atoms with Gasteiger partial charge in [0.05, 0.1) is 5.56 Å². The first-order valence-corrected chi connectivity index (χ1v) is 12.1. The Hall–Kier alpha value is -3.12. The van der Waals surface area contributed by atoms with Gasteiger partial charge in [0.15, 0.2) is 0 Å². The molecule has 1 amide bonds. The number of anilines is 1. The Kier molecular flexibility index (Phi) is 7.31. The molecule has 1 aliphatic rings. The van der Waals surface area contributed by atoms with Crippen molar-refractivity contribution < 1.29 is 18.0 Å². The molecule has 0 heterocycles. The topological polar surface area (TPSA) is 46.3 Å². The van der Waals surface area contributed by atoms with E-state index in [4.69, 9.17) is 5.73 Å². The van der Waals surface area contributed by atoms with Crippen LogP contribution in [0.4, 0.5) is 18.9 Å². The molecule has 1 fully saturated rings. The van der Waals surface area contributed by atoms with Crippen LogP contribution in [0, 0.1) is 11.8 Å². The summed E-state index contributed by atoms with van der Waals surface area (Å²) in [6.07, 6.45) is -2.62. The second-order valence-corrected chi connectivity index (χ2v) is 9.48. The van der Waals surface area contributed by atoms with Crippen molar-refractivity contribution in [2.75, 3.05) is 11.4 Å². The lowest BCUT2D eigenvalue weighted by Crippen LogP contribution is -2.45. The van der Waals surface area contributed by atoms with Gasteiger partial charge in [-0.15, -0.1) is 0 Å². The third-order valence-corrected chi connectivity index (χ3v) is 7.09. The highest BCUT2D eigenvalue weighted by molar-refractivity contribution is 5.97. The summed E-state index contributed by atoms with van der Waals surface area (Å²) in [7, 11) is 0. The van der Waals surface area contributed by atoms with Crippen molar-refractivity contribution >= 4 is 11.6 Å². The molecule has 0 bridgehead atoms. The fraction of sp³-hybridized carbons (Fsp3) is 0.345. The number of amides is 1. The Morgan fingerprint density at radius 3 is 2.09 bits per heavy atom. The van der Waals surface area contributed by atoms with Crippen LogP contribution in [0.25, 0.3) is 11.1 Å². The summed E-state index contributed by atoms with van der Waals surface area (Å²) in [6.45, 7) is 4.60. The number of nitrogens with two attached hydrogens (primary N) is 1. The van der Waals surface area contributed by atoms with Crippen molar-refractivity contribution in [2.24, 2.45) is 17.6 Å². The van der Waals surface area contributed by atoms with E-state index >= 15 is 0 Å². The van der Waals surface area contributed by atoms with Gasteiger partial charge in [-0.05, 0) is 59.2 Å². The standard InChI is InChI=1S/C29H31F3N2O/c1-3-19(2)27(33)18-34(28(35)26-17-25(26)22-7-5-4-6-8-22)24-15-11-21(12-16-24)20-9-13-23(14-10-20)29(30,31)32/h4-16,19,25-27H,3,17-18,33H2,1-2H3/t19-,25-,26+,27+/m0/s1. The highest BCUT2D eigenvalue weighted by Crippen LogP contribution is 2.49. The van der Waals surface area contributed by atoms with Gasteiger partial charge in [0, 0.05) is 24.2 Å². The number of nitrogens with zero attached hydrogens (tertiary/aromatic N) is 1. The Balaban J connectivity index is 1.55. The number of rotatable bonds is 8. The maximum atomic E-state index is 13.6. The zero-order valence-corrected chi connectivity index (χ0v) is 20.0. The van der Waals surface area contributed by atoms with Crippen LogP contribution in [-0.2, 0) is 11.0 Å². The Labute approximate surface area is 204 Å². The first kappa shape index (κ1) is 25.0. The molecule has 0 saturated heterocycles. The second-order valence-electron chi connectivity index (χ2n) is 9.48. The van der Waals surface area contributed by atoms with E-state index in [-0.39, 0.29) is 29.7 Å². The average Bonchev–Trinajstić information content (AvgIpc) is 3.67. The first-order valence-electron chi connectivity index (χ1n) is 12.1. The van der Waals surface area contributed by atoms with E-state index in [0.29, 0.717) is 12.1 Å². The summed E-state index contributed by atoms with van der Waals surface area (Å²) in [6, 6.07) is 22.4. The molecular weight excluding hydrogens is 449 g/mol. The van der Waals surface area contributed by atoms with Gasteiger partial charge in [-0.1, -0.05) is 74.9 Å². The van der Waals surface area contributed by atoms with Crippen molar-refractivity contribution in [2.45, 2.75) is 44.8 Å². The Morgan fingerprint density at radius 1 is 0.971 bits per heavy atom. The van der Waals surface area contributed by atoms with Gasteiger partial charge >= 0.3 is 6.18 Å². The zero-order chi connectivity index (χ0) is 25.2. The lowest BCUT2D eigenvalue weighted by atomic mass is 9.98. The highest BCUT2D eigenvalue weighted by Gasteiger charge is 2.46. The molecule has 0 aromatic heterocycles. The van der Waals surface area contributed by atoms with Crippen LogP contribution >= 0.6 is 0 Å². The molecule has 0 unspecified atom stereocenters. The predicted octanol–water partition coefficient (Wildman–Crippen LogP) is 6.88. The average molecular weight is 481 g/mol. The molecule has 1 aliphatic carbocycles. The molecule has 1 saturated carbocycles. The van der Waals surface area contributed by atoms with E-state index in [1.54, 1.807) is 4.90 Å². The van der Waals surface area contributed by atoms with Crippen molar-refractivity contribution in [3.05, 3.63) is 90.0 Å². The van der Waals surface area contributed by atoms with Gasteiger partial charge in [-0.2, -0.15) is 13.2 Å². The SMILES string of the molecule is CC[C@H](C)[C@H](N)CN(C(=O)[C@@H]1C[C@H]1c1ccccc1)c1ccc(-c2ccc(C(F)(F)F)cc2)cc1. The third-order valence-electron chi connectivity index (χ3n) is 7.09. The van der Waals surface area contributed by atoms with E-state index in [9.17, 15) is 18.0 Å². The molecule has 4 rings (SSSR count). The number of alkyl halides is 3. The molecule has 3 nitrogen and oxygen atoms in total. The van der Waals surface area contributed by atoms with Crippen molar-refractivity contribution in [3.63, 3.8) is 0 Å². The lowest BCUT2D eigenvalue weighted by molar-refractivity contribution is -0.137. The van der Waals surface area contributed by atoms with E-state index in [1.807, 2.05) is 42.5 Å². The van der Waals surface area contributed by atoms with Crippen LogP contribution in [0.15, 0.2) is 78.9 Å². The van der Waals surface area contributed by atoms with E-state index in [0.717, 1.165) is 36.2 Å². The van der Waals surface area contributed by atoms with Gasteiger partial charge in [0.1, 0.15) is 0 Å². The molecule has 0 radical (unpaired) electrons. The summed E-state index contributed by atoms with van der Waals surface area (Å²) in [5.41, 5.74) is 9.18. The molecule has 3 aromatic carbocycles. The predicted molar refractivity (Wildman–Crippen MR) is 134 cm³/mol. The van der Waals surface area contributed by atoms with Crippen LogP contribution in [0.2, 0.25) is 0 Å². The molecular formula is C29H31F3N2O. The van der Waals surface area contributed by atoms with E-state index in [1.165, 1.54) is 17.7 Å². The number of hydrogen-bond donors (Lipinski definition) is 1. The quantitative estimate of drug-likeness (QED) is 0.382. The molecule has 3 aromatic rings. The van der Waals surface area contributed by atoms with Gasteiger partial charge in [0.25, 0.3) is 0 Å². The summed E-state index contributed by atoms with van der Waals surface area (Å²) in [5.74, 6) is 0.481. The largest absolute Gasteiger partial charge is 0.416 e. The van der Waals surface area contributed by atoms with Crippen LogP contribution in [0.5, 0.6) is 0 Å². The normalized spacial score (nSPS) is 19.1. The minimum Gasteiger partial charge on any atom is -0.326 e. The van der Waals surface area contributed by atoms with Crippen LogP contribution < -0.4 is 10.6 Å². The molecule has 2 N–H and O–H groups in total. The fourth-order valence-corrected chi connectivity index (χ4v) is 4.44. The molecule has 0 spiro atoms. The van der Waals surface area contributed by atoms with Gasteiger partial charge in [-0.25, -0.2) is 0 Å². The highest BCUT2D eigenvalue weighted by atomic mass is 19.4. The molecule has 35 heavy (non-hydrogen) atoms. The Morgan fingerprint density at radius 2 is 1.54 bits per heavy atom. The number of hydrogen-bond acceptors (Lipinski definition) is 2. The smallest absolute Gasteiger partial charge is 0.326 e. The van der Waals surface area contributed by atoms with Gasteiger partial charge in [0.2, 0.25) is 5.91 Å². The summed E-state index contributed by atoms with van der Waals surface area (Å²) < 4.78 is 38.7. The molecule has 0 aliphatic heterocycles. The number of carbonyl (C=O) groups excluding carboxylic acids is 1. The maximum absolute atomic E-state index is 13.6. The molecule has 4 atom stereocenters. The number of benzene rings is 3. The summed E-state index contributed by atoms with van der Waals surface area (Å²) in [4.78, 5) is 15.4. The van der Waals surface area contributed by atoms with Crippen LogP contribution in [0.1, 0.15) is 43.7 Å². The molecule has 6 heteroatoms. The second kappa shape index (κ2) is 10.2. The fourth-order valence-electron chi connectivity index (χ4n) is 4.44. The summed E-state index contributed by atoms with van der Waals surface area (Å²) >= 11 is 0. The number of carbonyl (C=O) groups is 1. The van der Waals surface area contributed by atoms with Crippen LogP contribution in [0.3, 0.4) is 0 Å². The monoisotopic (exact) mass is 480 g/mol. The molecule has 184 valence electrons. The van der Waals surface area contributed by atoms with Gasteiger partial charge in [-0.3, -0.25) is 4.79 Å². The number of halogens is 3. The van der Waals surface area contributed by atoms with E-state index < -0.39 is 11.7 Å². The lowest BCUT2D eigenvalue weighted by Gasteiger charge is -2.29. The van der Waals surface area contributed by atoms with Gasteiger partial charge < -0.3 is 10.6 Å². The van der Waals surface area contributed by atoms with E-state index in [2.05, 4.69) is 26.0 Å². The zero-order valence-electron chi connectivity index (χ0n) is 20.0. The minimum atomic E-state index is -4.36. The van der Waals surface area contributed by atoms with Crippen molar-refractivity contribution in [3.8, 4) is 11.1 Å². The minimum absolute atomic E-state index is 0.0693. The summed E-state index contributed by atoms with van der Waals surface area (Å²) in [5, 5.41) is 0. The van der Waals surface area contributed by atoms with Crippen molar-refractivity contribution in [1.82, 2.24) is 0 Å². The van der Waals surface area contributed by atoms with Crippen LogP contribution in [-0.4, -0.2) is 18.5 Å². The van der Waals surface area contributed by atoms with Crippen molar-refractivity contribution in [1.29, 1.82) is 0 Å².